The van der Waals surface area contributed by atoms with E-state index in [1.165, 1.54) is 31.4 Å². The number of hydrogen-bond acceptors (Lipinski definition) is 3. The van der Waals surface area contributed by atoms with Crippen LogP contribution in [0.3, 0.4) is 0 Å². The fourth-order valence-corrected chi connectivity index (χ4v) is 3.89. The maximum Gasteiger partial charge on any atom is 0.0702 e. The average molecular weight is 344 g/mol. The number of nitrogens with one attached hydrogen (secondary N) is 1. The summed E-state index contributed by atoms with van der Waals surface area (Å²) in [5, 5.41) is 8.20. The zero-order valence-corrected chi connectivity index (χ0v) is 14.4. The van der Waals surface area contributed by atoms with Crippen LogP contribution < -0.4 is 5.32 Å². The molecule has 1 aromatic heterocycles. The van der Waals surface area contributed by atoms with Gasteiger partial charge in [-0.1, -0.05) is 26.7 Å². The van der Waals surface area contributed by atoms with Crippen LogP contribution in [0.2, 0.25) is 0 Å². The van der Waals surface area contributed by atoms with Crippen molar-refractivity contribution in [3.8, 4) is 0 Å². The summed E-state index contributed by atoms with van der Waals surface area (Å²) in [6.45, 7) is 7.05. The Morgan fingerprint density at radius 2 is 2.20 bits per heavy atom. The van der Waals surface area contributed by atoms with Crippen LogP contribution in [0.5, 0.6) is 0 Å². The van der Waals surface area contributed by atoms with E-state index >= 15 is 0 Å². The molecular weight excluding hydrogens is 318 g/mol. The van der Waals surface area contributed by atoms with Crippen LogP contribution >= 0.6 is 15.9 Å². The van der Waals surface area contributed by atoms with Crippen LogP contribution in [0.25, 0.3) is 0 Å². The Morgan fingerprint density at radius 1 is 1.50 bits per heavy atom. The second kappa shape index (κ2) is 7.05. The molecule has 20 heavy (non-hydrogen) atoms. The van der Waals surface area contributed by atoms with Crippen LogP contribution in [0.4, 0.5) is 0 Å². The van der Waals surface area contributed by atoms with E-state index in [2.05, 4.69) is 44.9 Å². The Morgan fingerprint density at radius 3 is 2.80 bits per heavy atom. The summed E-state index contributed by atoms with van der Waals surface area (Å²) in [5.41, 5.74) is 1.59. The molecule has 1 fully saturated rings. The van der Waals surface area contributed by atoms with Gasteiger partial charge in [-0.15, -0.1) is 0 Å². The van der Waals surface area contributed by atoms with E-state index in [1.54, 1.807) is 7.11 Å². The summed E-state index contributed by atoms with van der Waals surface area (Å²) in [6.07, 6.45) is 7.15. The van der Waals surface area contributed by atoms with Gasteiger partial charge >= 0.3 is 0 Å². The first-order chi connectivity index (χ1) is 9.62. The molecule has 1 heterocycles. The van der Waals surface area contributed by atoms with Crippen LogP contribution in [-0.2, 0) is 11.3 Å². The molecule has 4 nitrogen and oxygen atoms in total. The molecule has 0 saturated heterocycles. The Kier molecular flexibility index (Phi) is 5.64. The van der Waals surface area contributed by atoms with Gasteiger partial charge in [0.05, 0.1) is 35.6 Å². The van der Waals surface area contributed by atoms with Gasteiger partial charge in [0, 0.05) is 7.11 Å². The minimum atomic E-state index is 0.323. The second-order valence-corrected chi connectivity index (χ2v) is 6.80. The maximum atomic E-state index is 5.20. The Bertz CT molecular complexity index is 427. The molecule has 2 rings (SSSR count). The Balaban J connectivity index is 2.30. The van der Waals surface area contributed by atoms with Gasteiger partial charge in [0.1, 0.15) is 0 Å². The van der Waals surface area contributed by atoms with E-state index in [-0.39, 0.29) is 0 Å². The number of halogens is 1. The highest BCUT2D eigenvalue weighted by Crippen LogP contribution is 2.48. The van der Waals surface area contributed by atoms with Crippen LogP contribution in [0, 0.1) is 5.41 Å². The molecule has 1 N–H and O–H groups in total. The minimum absolute atomic E-state index is 0.323. The third-order valence-electron chi connectivity index (χ3n) is 4.46. The largest absolute Gasteiger partial charge is 0.383 e. The lowest BCUT2D eigenvalue weighted by atomic mass is 9.79. The summed E-state index contributed by atoms with van der Waals surface area (Å²) in [4.78, 5) is 0. The molecule has 1 unspecified atom stereocenters. The van der Waals surface area contributed by atoms with E-state index in [4.69, 9.17) is 4.74 Å². The van der Waals surface area contributed by atoms with Crippen molar-refractivity contribution >= 4 is 15.9 Å². The van der Waals surface area contributed by atoms with E-state index < -0.39 is 0 Å². The van der Waals surface area contributed by atoms with E-state index in [9.17, 15) is 0 Å². The van der Waals surface area contributed by atoms with Crippen LogP contribution in [-0.4, -0.2) is 30.0 Å². The predicted octanol–water partition coefficient (Wildman–Crippen LogP) is 3.52. The topological polar surface area (TPSA) is 39.1 Å². The Labute approximate surface area is 130 Å². The molecule has 114 valence electrons. The van der Waals surface area contributed by atoms with Crippen molar-refractivity contribution in [2.45, 2.75) is 52.1 Å². The molecule has 1 aliphatic carbocycles. The summed E-state index contributed by atoms with van der Waals surface area (Å²) >= 11 is 3.69. The number of hydrogen-bond donors (Lipinski definition) is 1. The lowest BCUT2D eigenvalue weighted by Gasteiger charge is -2.35. The fourth-order valence-electron chi connectivity index (χ4n) is 3.36. The monoisotopic (exact) mass is 343 g/mol. The van der Waals surface area contributed by atoms with Gasteiger partial charge in [-0.3, -0.25) is 4.68 Å². The Hall–Kier alpha value is -0.390. The smallest absolute Gasteiger partial charge is 0.0702 e. The first kappa shape index (κ1) is 16.0. The quantitative estimate of drug-likeness (QED) is 0.823. The molecule has 1 aliphatic rings. The highest BCUT2D eigenvalue weighted by atomic mass is 79.9. The van der Waals surface area contributed by atoms with Crippen molar-refractivity contribution in [3.63, 3.8) is 0 Å². The number of methoxy groups -OCH3 is 1. The fraction of sp³-hybridized carbons (Fsp3) is 0.800. The first-order valence-corrected chi connectivity index (χ1v) is 8.35. The third-order valence-corrected chi connectivity index (χ3v) is 5.08. The highest BCUT2D eigenvalue weighted by Gasteiger charge is 2.39. The van der Waals surface area contributed by atoms with Crippen LogP contribution in [0.15, 0.2) is 10.7 Å². The maximum absolute atomic E-state index is 5.20. The van der Waals surface area contributed by atoms with Crippen molar-refractivity contribution in [1.29, 1.82) is 0 Å². The molecule has 0 radical (unpaired) electrons. The number of ether oxygens (including phenoxy) is 1. The van der Waals surface area contributed by atoms with Crippen LogP contribution in [0.1, 0.15) is 51.3 Å². The molecule has 1 saturated carbocycles. The lowest BCUT2D eigenvalue weighted by Crippen LogP contribution is -2.36. The van der Waals surface area contributed by atoms with Crippen molar-refractivity contribution in [2.75, 3.05) is 20.3 Å². The zero-order valence-electron chi connectivity index (χ0n) is 12.8. The van der Waals surface area contributed by atoms with E-state index in [0.29, 0.717) is 18.1 Å². The number of rotatable bonds is 7. The molecule has 0 spiro atoms. The van der Waals surface area contributed by atoms with E-state index in [0.717, 1.165) is 17.6 Å². The molecular formula is C15H26BrN3O. The zero-order chi connectivity index (χ0) is 14.6. The molecule has 0 aliphatic heterocycles. The van der Waals surface area contributed by atoms with E-state index in [1.807, 2.05) is 6.20 Å². The van der Waals surface area contributed by atoms with Crippen molar-refractivity contribution in [1.82, 2.24) is 15.1 Å². The summed E-state index contributed by atoms with van der Waals surface area (Å²) in [7, 11) is 1.73. The van der Waals surface area contributed by atoms with Crippen molar-refractivity contribution in [3.05, 3.63) is 16.4 Å². The highest BCUT2D eigenvalue weighted by molar-refractivity contribution is 9.10. The molecule has 5 heteroatoms. The van der Waals surface area contributed by atoms with Gasteiger partial charge < -0.3 is 10.1 Å². The lowest BCUT2D eigenvalue weighted by molar-refractivity contribution is 0.173. The van der Waals surface area contributed by atoms with Gasteiger partial charge in [-0.2, -0.15) is 5.10 Å². The summed E-state index contributed by atoms with van der Waals surface area (Å²) in [6, 6.07) is 0.351. The van der Waals surface area contributed by atoms with Gasteiger partial charge in [-0.05, 0) is 40.7 Å². The summed E-state index contributed by atoms with van der Waals surface area (Å²) in [5.74, 6) is 0. The molecule has 1 atom stereocenters. The molecule has 1 aromatic rings. The molecule has 0 aromatic carbocycles. The van der Waals surface area contributed by atoms with Gasteiger partial charge in [-0.25, -0.2) is 0 Å². The molecule has 0 amide bonds. The van der Waals surface area contributed by atoms with Crippen molar-refractivity contribution in [2.24, 2.45) is 5.41 Å². The SMILES string of the molecule is CCNC(c1c(Br)cnn1CCOC)C1(C)CCCC1. The minimum Gasteiger partial charge on any atom is -0.383 e. The molecule has 0 bridgehead atoms. The predicted molar refractivity (Wildman–Crippen MR) is 84.8 cm³/mol. The normalized spacial score (nSPS) is 19.4. The van der Waals surface area contributed by atoms with Gasteiger partial charge in [0.25, 0.3) is 0 Å². The average Bonchev–Trinajstić information content (AvgIpc) is 3.02. The second-order valence-electron chi connectivity index (χ2n) is 5.95. The first-order valence-electron chi connectivity index (χ1n) is 7.56. The van der Waals surface area contributed by atoms with Crippen molar-refractivity contribution < 1.29 is 4.74 Å². The van der Waals surface area contributed by atoms with Gasteiger partial charge in [0.2, 0.25) is 0 Å². The summed E-state index contributed by atoms with van der Waals surface area (Å²) < 4.78 is 8.40. The number of aromatic nitrogens is 2. The standard InChI is InChI=1S/C15H26BrN3O/c1-4-17-14(15(2)7-5-6-8-15)13-12(16)11-18-19(13)9-10-20-3/h11,14,17H,4-10H2,1-3H3. The van der Waals surface area contributed by atoms with Gasteiger partial charge in [0.15, 0.2) is 0 Å². The number of nitrogens with zero attached hydrogens (tertiary/aromatic N) is 2. The third kappa shape index (κ3) is 3.26.